The Balaban J connectivity index is 0.00000225. The van der Waals surface area contributed by atoms with Gasteiger partial charge in [-0.2, -0.15) is 13.2 Å². The molecule has 3 nitrogen and oxygen atoms in total. The average molecular weight is 376 g/mol. The van der Waals surface area contributed by atoms with Crippen LogP contribution in [-0.2, 0) is 6.54 Å². The fourth-order valence-corrected chi connectivity index (χ4v) is 2.79. The predicted octanol–water partition coefficient (Wildman–Crippen LogP) is 3.95. The van der Waals surface area contributed by atoms with Gasteiger partial charge in [0, 0.05) is 50.7 Å². The molecule has 0 radical (unpaired) electrons. The van der Waals surface area contributed by atoms with Crippen molar-refractivity contribution in [3.8, 4) is 11.1 Å². The topological polar surface area (TPSA) is 19.4 Å². The summed E-state index contributed by atoms with van der Waals surface area (Å²) in [6.45, 7) is 1.23. The quantitative estimate of drug-likeness (QED) is 0.598. The second-order valence-corrected chi connectivity index (χ2v) is 5.82. The first-order valence-corrected chi connectivity index (χ1v) is 7.66. The number of aromatic nitrogens is 1. The van der Waals surface area contributed by atoms with Crippen molar-refractivity contribution in [3.63, 3.8) is 0 Å². The lowest BCUT2D eigenvalue weighted by atomic mass is 10.1. The number of halogens is 5. The second kappa shape index (κ2) is 8.12. The van der Waals surface area contributed by atoms with Gasteiger partial charge in [-0.3, -0.25) is 9.88 Å². The van der Waals surface area contributed by atoms with Crippen LogP contribution in [0.3, 0.4) is 0 Å². The molecule has 0 atom stereocenters. The van der Waals surface area contributed by atoms with Gasteiger partial charge in [0.05, 0.1) is 0 Å². The van der Waals surface area contributed by atoms with Gasteiger partial charge in [0.2, 0.25) is 0 Å². The number of piperazine rings is 1. The maximum atomic E-state index is 13.0. The van der Waals surface area contributed by atoms with Gasteiger partial charge in [-0.15, -0.1) is 12.4 Å². The van der Waals surface area contributed by atoms with E-state index in [1.807, 2.05) is 11.0 Å². The van der Waals surface area contributed by atoms with Crippen molar-refractivity contribution in [2.24, 2.45) is 0 Å². The first kappa shape index (κ1) is 19.6. The molecule has 8 heteroatoms. The fraction of sp³-hybridized carbons (Fsp3) is 0.353. The van der Waals surface area contributed by atoms with E-state index >= 15 is 0 Å². The SMILES string of the molecule is Cl.Fc1ccc(-c2cncc(CN3CCN(C(F)(F)F)CC3)c2)cc1. The number of hydrogen-bond acceptors (Lipinski definition) is 3. The second-order valence-electron chi connectivity index (χ2n) is 5.82. The molecule has 1 aliphatic heterocycles. The Morgan fingerprint density at radius 1 is 0.920 bits per heavy atom. The molecule has 1 aromatic heterocycles. The lowest BCUT2D eigenvalue weighted by molar-refractivity contribution is -0.252. The van der Waals surface area contributed by atoms with Gasteiger partial charge in [0.15, 0.2) is 0 Å². The van der Waals surface area contributed by atoms with E-state index in [1.165, 1.54) is 12.1 Å². The average Bonchev–Trinajstić information content (AvgIpc) is 2.55. The van der Waals surface area contributed by atoms with E-state index in [2.05, 4.69) is 4.98 Å². The highest BCUT2D eigenvalue weighted by Crippen LogP contribution is 2.24. The maximum Gasteiger partial charge on any atom is 0.460 e. The summed E-state index contributed by atoms with van der Waals surface area (Å²) in [5.74, 6) is -0.301. The van der Waals surface area contributed by atoms with Crippen molar-refractivity contribution in [1.29, 1.82) is 0 Å². The zero-order valence-electron chi connectivity index (χ0n) is 13.3. The predicted molar refractivity (Wildman–Crippen MR) is 89.8 cm³/mol. The Bertz CT molecular complexity index is 683. The van der Waals surface area contributed by atoms with E-state index < -0.39 is 6.30 Å². The van der Waals surface area contributed by atoms with Crippen LogP contribution in [0, 0.1) is 5.82 Å². The fourth-order valence-electron chi connectivity index (χ4n) is 2.79. The minimum absolute atomic E-state index is 0. The molecule has 0 bridgehead atoms. The molecule has 0 unspecified atom stereocenters. The molecule has 1 aliphatic rings. The summed E-state index contributed by atoms with van der Waals surface area (Å²) in [6.07, 6.45) is -0.850. The summed E-state index contributed by atoms with van der Waals surface area (Å²) in [5, 5.41) is 0. The Hall–Kier alpha value is -1.70. The monoisotopic (exact) mass is 375 g/mol. The van der Waals surface area contributed by atoms with Crippen LogP contribution in [0.1, 0.15) is 5.56 Å². The highest BCUT2D eigenvalue weighted by atomic mass is 35.5. The van der Waals surface area contributed by atoms with Gasteiger partial charge in [-0.1, -0.05) is 12.1 Å². The van der Waals surface area contributed by atoms with Gasteiger partial charge < -0.3 is 0 Å². The Kier molecular flexibility index (Phi) is 6.37. The highest BCUT2D eigenvalue weighted by molar-refractivity contribution is 5.85. The van der Waals surface area contributed by atoms with E-state index in [9.17, 15) is 17.6 Å². The standard InChI is InChI=1S/C17H17F4N3.ClH/c18-16-3-1-14(2-4-16)15-9-13(10-22-11-15)12-23-5-7-24(8-6-23)17(19,20)21;/h1-4,9-11H,5-8,12H2;1H. The smallest absolute Gasteiger partial charge is 0.296 e. The van der Waals surface area contributed by atoms with E-state index in [1.54, 1.807) is 24.5 Å². The van der Waals surface area contributed by atoms with Crippen molar-refractivity contribution in [3.05, 3.63) is 54.1 Å². The molecule has 2 heterocycles. The number of nitrogens with zero attached hydrogens (tertiary/aromatic N) is 3. The number of alkyl halides is 3. The number of rotatable bonds is 3. The molecule has 0 amide bonds. The van der Waals surface area contributed by atoms with Gasteiger partial charge in [-0.05, 0) is 29.3 Å². The van der Waals surface area contributed by atoms with E-state index in [-0.39, 0.29) is 31.3 Å². The van der Waals surface area contributed by atoms with Crippen molar-refractivity contribution < 1.29 is 17.6 Å². The Labute approximate surface area is 149 Å². The van der Waals surface area contributed by atoms with Gasteiger partial charge in [0.25, 0.3) is 0 Å². The van der Waals surface area contributed by atoms with Crippen LogP contribution in [-0.4, -0.2) is 47.3 Å². The largest absolute Gasteiger partial charge is 0.460 e. The number of benzene rings is 1. The Morgan fingerprint density at radius 3 is 2.16 bits per heavy atom. The van der Waals surface area contributed by atoms with Crippen LogP contribution in [0.25, 0.3) is 11.1 Å². The van der Waals surface area contributed by atoms with Crippen molar-refractivity contribution in [1.82, 2.24) is 14.8 Å². The van der Waals surface area contributed by atoms with Gasteiger partial charge in [0.1, 0.15) is 5.82 Å². The summed E-state index contributed by atoms with van der Waals surface area (Å²) >= 11 is 0. The van der Waals surface area contributed by atoms with Crippen LogP contribution >= 0.6 is 12.4 Å². The van der Waals surface area contributed by atoms with E-state index in [0.29, 0.717) is 24.5 Å². The molecule has 3 rings (SSSR count). The van der Waals surface area contributed by atoms with E-state index in [0.717, 1.165) is 16.7 Å². The van der Waals surface area contributed by atoms with Crippen molar-refractivity contribution in [2.75, 3.05) is 26.2 Å². The molecule has 1 aromatic carbocycles. The molecular weight excluding hydrogens is 358 g/mol. The summed E-state index contributed by atoms with van der Waals surface area (Å²) in [7, 11) is 0. The van der Waals surface area contributed by atoms with Crippen molar-refractivity contribution >= 4 is 12.4 Å². The molecule has 2 aromatic rings. The van der Waals surface area contributed by atoms with Crippen LogP contribution in [0.2, 0.25) is 0 Å². The third-order valence-electron chi connectivity index (χ3n) is 4.11. The summed E-state index contributed by atoms with van der Waals surface area (Å²) in [5.41, 5.74) is 2.64. The zero-order valence-corrected chi connectivity index (χ0v) is 14.2. The number of hydrogen-bond donors (Lipinski definition) is 0. The third-order valence-corrected chi connectivity index (χ3v) is 4.11. The van der Waals surface area contributed by atoms with Crippen molar-refractivity contribution in [2.45, 2.75) is 12.8 Å². The zero-order chi connectivity index (χ0) is 17.2. The summed E-state index contributed by atoms with van der Waals surface area (Å²) in [6, 6.07) is 8.07. The third kappa shape index (κ3) is 5.14. The maximum absolute atomic E-state index is 13.0. The molecule has 0 N–H and O–H groups in total. The molecule has 0 spiro atoms. The van der Waals surface area contributed by atoms with Gasteiger partial charge in [-0.25, -0.2) is 9.29 Å². The highest BCUT2D eigenvalue weighted by Gasteiger charge is 2.38. The first-order chi connectivity index (χ1) is 11.4. The van der Waals surface area contributed by atoms with E-state index in [4.69, 9.17) is 0 Å². The molecule has 0 aliphatic carbocycles. The molecule has 1 saturated heterocycles. The molecule has 1 fully saturated rings. The summed E-state index contributed by atoms with van der Waals surface area (Å²) in [4.78, 5) is 6.71. The minimum atomic E-state index is -4.25. The molecule has 25 heavy (non-hydrogen) atoms. The van der Waals surface area contributed by atoms with Crippen LogP contribution in [0.5, 0.6) is 0 Å². The Morgan fingerprint density at radius 2 is 1.56 bits per heavy atom. The first-order valence-electron chi connectivity index (χ1n) is 7.66. The lowest BCUT2D eigenvalue weighted by Gasteiger charge is -2.35. The molecule has 136 valence electrons. The molecular formula is C17H18ClF4N3. The van der Waals surface area contributed by atoms with Crippen LogP contribution in [0.15, 0.2) is 42.7 Å². The van der Waals surface area contributed by atoms with Crippen LogP contribution in [0.4, 0.5) is 17.6 Å². The minimum Gasteiger partial charge on any atom is -0.296 e. The normalized spacial score (nSPS) is 16.5. The summed E-state index contributed by atoms with van der Waals surface area (Å²) < 4.78 is 50.9. The van der Waals surface area contributed by atoms with Gasteiger partial charge >= 0.3 is 6.30 Å². The number of pyridine rings is 1. The lowest BCUT2D eigenvalue weighted by Crippen LogP contribution is -2.51. The molecule has 0 saturated carbocycles. The van der Waals surface area contributed by atoms with Crippen LogP contribution < -0.4 is 0 Å².